The highest BCUT2D eigenvalue weighted by atomic mass is 16.4. The molecule has 0 bridgehead atoms. The molecule has 1 aliphatic rings. The zero-order valence-electron chi connectivity index (χ0n) is 24.8. The van der Waals surface area contributed by atoms with Gasteiger partial charge in [0.1, 0.15) is 0 Å². The lowest BCUT2D eigenvalue weighted by Gasteiger charge is -2.33. The maximum absolute atomic E-state index is 12.1. The van der Waals surface area contributed by atoms with Gasteiger partial charge < -0.3 is 10.2 Å². The van der Waals surface area contributed by atoms with Crippen molar-refractivity contribution >= 4 is 11.9 Å². The Morgan fingerprint density at radius 1 is 0.789 bits per heavy atom. The molecular formula is C34H52O4. The molecule has 0 spiro atoms. The van der Waals surface area contributed by atoms with Crippen LogP contribution in [0.25, 0.3) is 0 Å². The van der Waals surface area contributed by atoms with Crippen LogP contribution in [0.3, 0.4) is 0 Å². The molecular weight excluding hydrogens is 472 g/mol. The summed E-state index contributed by atoms with van der Waals surface area (Å²) in [5, 5.41) is 19.8. The first-order valence-electron chi connectivity index (χ1n) is 14.3. The summed E-state index contributed by atoms with van der Waals surface area (Å²) in [6.45, 7) is 17.0. The van der Waals surface area contributed by atoms with Crippen LogP contribution in [0.15, 0.2) is 70.4 Å². The summed E-state index contributed by atoms with van der Waals surface area (Å²) in [4.78, 5) is 24.2. The molecule has 0 heterocycles. The van der Waals surface area contributed by atoms with E-state index in [1.807, 2.05) is 0 Å². The van der Waals surface area contributed by atoms with E-state index in [9.17, 15) is 19.8 Å². The summed E-state index contributed by atoms with van der Waals surface area (Å²) >= 11 is 0. The second kappa shape index (κ2) is 17.8. The van der Waals surface area contributed by atoms with Crippen molar-refractivity contribution in [2.24, 2.45) is 17.8 Å². The van der Waals surface area contributed by atoms with Crippen LogP contribution >= 0.6 is 0 Å². The summed E-state index contributed by atoms with van der Waals surface area (Å²) in [6.07, 6.45) is 20.4. The Morgan fingerprint density at radius 2 is 1.32 bits per heavy atom. The van der Waals surface area contributed by atoms with Crippen molar-refractivity contribution in [1.29, 1.82) is 0 Å². The van der Waals surface area contributed by atoms with E-state index < -0.39 is 23.8 Å². The fourth-order valence-corrected chi connectivity index (χ4v) is 5.13. The van der Waals surface area contributed by atoms with E-state index in [4.69, 9.17) is 0 Å². The smallest absolute Gasteiger partial charge is 0.307 e. The van der Waals surface area contributed by atoms with Crippen LogP contribution < -0.4 is 0 Å². The minimum absolute atomic E-state index is 0.279. The maximum Gasteiger partial charge on any atom is 0.307 e. The molecule has 4 heteroatoms. The van der Waals surface area contributed by atoms with E-state index in [0.29, 0.717) is 12.8 Å². The normalized spacial score (nSPS) is 19.9. The molecule has 0 aliphatic heterocycles. The van der Waals surface area contributed by atoms with Gasteiger partial charge in [0.25, 0.3) is 0 Å². The van der Waals surface area contributed by atoms with Crippen LogP contribution in [0.1, 0.15) is 112 Å². The minimum atomic E-state index is -1.01. The Labute approximate surface area is 232 Å². The number of hydrogen-bond acceptors (Lipinski definition) is 2. The summed E-state index contributed by atoms with van der Waals surface area (Å²) in [5.74, 6) is -4.05. The first kappa shape index (κ1) is 33.4. The lowest BCUT2D eigenvalue weighted by molar-refractivity contribution is -0.156. The number of carboxylic acid groups (broad SMARTS) is 2. The molecule has 1 aliphatic carbocycles. The van der Waals surface area contributed by atoms with Gasteiger partial charge >= 0.3 is 11.9 Å². The molecule has 0 amide bonds. The zero-order valence-corrected chi connectivity index (χ0v) is 24.8. The molecule has 0 aromatic carbocycles. The Hall–Kier alpha value is -2.62. The average Bonchev–Trinajstić information content (AvgIpc) is 2.81. The lowest BCUT2D eigenvalue weighted by atomic mass is 9.70. The van der Waals surface area contributed by atoms with Gasteiger partial charge in [-0.2, -0.15) is 0 Å². The Balaban J connectivity index is 2.77. The molecule has 0 saturated heterocycles. The van der Waals surface area contributed by atoms with Crippen LogP contribution in [-0.4, -0.2) is 22.2 Å². The number of rotatable bonds is 17. The first-order chi connectivity index (χ1) is 17.9. The number of carboxylic acids is 2. The van der Waals surface area contributed by atoms with E-state index in [1.165, 1.54) is 22.3 Å². The van der Waals surface area contributed by atoms with E-state index in [0.717, 1.165) is 68.9 Å². The fourth-order valence-electron chi connectivity index (χ4n) is 5.13. The van der Waals surface area contributed by atoms with Gasteiger partial charge in [0.2, 0.25) is 0 Å². The average molecular weight is 525 g/mol. The predicted octanol–water partition coefficient (Wildman–Crippen LogP) is 9.62. The van der Waals surface area contributed by atoms with Crippen molar-refractivity contribution in [2.45, 2.75) is 112 Å². The molecule has 0 fully saturated rings. The van der Waals surface area contributed by atoms with E-state index in [2.05, 4.69) is 78.5 Å². The highest BCUT2D eigenvalue weighted by Crippen LogP contribution is 2.39. The third-order valence-corrected chi connectivity index (χ3v) is 7.39. The molecule has 0 unspecified atom stereocenters. The van der Waals surface area contributed by atoms with Crippen LogP contribution in [-0.2, 0) is 9.59 Å². The number of aliphatic carboxylic acids is 2. The molecule has 38 heavy (non-hydrogen) atoms. The number of allylic oxidation sites excluding steroid dienone is 11. The molecule has 0 saturated carbocycles. The third kappa shape index (κ3) is 13.8. The molecule has 1 rings (SSSR count). The monoisotopic (exact) mass is 524 g/mol. The predicted molar refractivity (Wildman–Crippen MR) is 160 cm³/mol. The van der Waals surface area contributed by atoms with Gasteiger partial charge in [-0.05, 0) is 118 Å². The SMILES string of the molecule is C=C(CC/C=C(\C)CCC=C(C)C)CC[C@H]1C=C(CC/C=C(\C)CCC=C(C)C)C[C@H](C(=O)O)[C@H]1C(=O)O. The van der Waals surface area contributed by atoms with Crippen LogP contribution in [0.5, 0.6) is 0 Å². The third-order valence-electron chi connectivity index (χ3n) is 7.39. The van der Waals surface area contributed by atoms with Crippen molar-refractivity contribution in [3.63, 3.8) is 0 Å². The first-order valence-corrected chi connectivity index (χ1v) is 14.3. The molecule has 2 N–H and O–H groups in total. The zero-order chi connectivity index (χ0) is 28.7. The number of carbonyl (C=O) groups is 2. The maximum atomic E-state index is 12.1. The standard InChI is InChI=1S/C34H52O4/c1-24(2)12-8-14-26(5)16-10-17-28(7)20-21-30-22-29(23-31(33(35)36)32(30)34(37)38)19-11-18-27(6)15-9-13-25(3)4/h12-13,16,18,22,30-32H,7-11,14-15,17,19-21,23H2,1-6H3,(H,35,36)(H,37,38)/b26-16+,27-18+/t30-,31-,32-/m0/s1. The van der Waals surface area contributed by atoms with Crippen molar-refractivity contribution < 1.29 is 19.8 Å². The van der Waals surface area contributed by atoms with Gasteiger partial charge in [-0.25, -0.2) is 0 Å². The van der Waals surface area contributed by atoms with Crippen molar-refractivity contribution in [3.8, 4) is 0 Å². The Kier molecular flexibility index (Phi) is 15.7. The van der Waals surface area contributed by atoms with E-state index >= 15 is 0 Å². The molecule has 4 nitrogen and oxygen atoms in total. The molecule has 0 aromatic heterocycles. The second-order valence-electron chi connectivity index (χ2n) is 11.6. The lowest BCUT2D eigenvalue weighted by Crippen LogP contribution is -2.38. The summed E-state index contributed by atoms with van der Waals surface area (Å²) in [7, 11) is 0. The molecule has 3 atom stereocenters. The highest BCUT2D eigenvalue weighted by Gasteiger charge is 2.41. The summed E-state index contributed by atoms with van der Waals surface area (Å²) in [6, 6.07) is 0. The Bertz CT molecular complexity index is 949. The van der Waals surface area contributed by atoms with Crippen molar-refractivity contribution in [3.05, 3.63) is 70.4 Å². The van der Waals surface area contributed by atoms with Gasteiger partial charge in [0.05, 0.1) is 11.8 Å². The van der Waals surface area contributed by atoms with Crippen molar-refractivity contribution in [2.75, 3.05) is 0 Å². The van der Waals surface area contributed by atoms with Gasteiger partial charge in [-0.1, -0.05) is 70.4 Å². The number of hydrogen-bond donors (Lipinski definition) is 2. The van der Waals surface area contributed by atoms with Crippen LogP contribution in [0.2, 0.25) is 0 Å². The van der Waals surface area contributed by atoms with Gasteiger partial charge in [-0.15, -0.1) is 0 Å². The molecule has 0 radical (unpaired) electrons. The van der Waals surface area contributed by atoms with Crippen LogP contribution in [0, 0.1) is 17.8 Å². The van der Waals surface area contributed by atoms with Crippen molar-refractivity contribution in [1.82, 2.24) is 0 Å². The Morgan fingerprint density at radius 3 is 1.82 bits per heavy atom. The molecule has 212 valence electrons. The minimum Gasteiger partial charge on any atom is -0.481 e. The summed E-state index contributed by atoms with van der Waals surface area (Å²) < 4.78 is 0. The molecule has 0 aromatic rings. The highest BCUT2D eigenvalue weighted by molar-refractivity contribution is 5.81. The second-order valence-corrected chi connectivity index (χ2v) is 11.6. The quantitative estimate of drug-likeness (QED) is 0.186. The van der Waals surface area contributed by atoms with Crippen LogP contribution in [0.4, 0.5) is 0 Å². The fraction of sp³-hybridized carbons (Fsp3) is 0.588. The van der Waals surface area contributed by atoms with Gasteiger partial charge in [0, 0.05) is 0 Å². The summed E-state index contributed by atoms with van der Waals surface area (Å²) in [5.41, 5.74) is 7.57. The van der Waals surface area contributed by atoms with E-state index in [-0.39, 0.29) is 5.92 Å². The van der Waals surface area contributed by atoms with E-state index in [1.54, 1.807) is 0 Å². The van der Waals surface area contributed by atoms with Gasteiger partial charge in [-0.3, -0.25) is 9.59 Å². The topological polar surface area (TPSA) is 74.6 Å². The largest absolute Gasteiger partial charge is 0.481 e. The van der Waals surface area contributed by atoms with Gasteiger partial charge in [0.15, 0.2) is 0 Å².